The van der Waals surface area contributed by atoms with Crippen molar-refractivity contribution in [1.82, 2.24) is 19.9 Å². The Kier molecular flexibility index (Phi) is 4.29. The first-order valence-corrected chi connectivity index (χ1v) is 6.09. The maximum Gasteiger partial charge on any atom is 0.328 e. The molecule has 118 valence electrons. The molecule has 0 saturated carbocycles. The molecule has 2 heterocycles. The van der Waals surface area contributed by atoms with Crippen LogP contribution in [0, 0.1) is 0 Å². The number of hydrogen-bond donors (Lipinski definition) is 6. The molecular formula is C13H10N4O6. The van der Waals surface area contributed by atoms with Crippen molar-refractivity contribution in [2.75, 3.05) is 0 Å². The zero-order valence-corrected chi connectivity index (χ0v) is 11.3. The van der Waals surface area contributed by atoms with Crippen LogP contribution in [0.15, 0.2) is 37.1 Å². The molecule has 23 heavy (non-hydrogen) atoms. The Bertz CT molecular complexity index is 1060. The zero-order valence-electron chi connectivity index (χ0n) is 11.3. The minimum absolute atomic E-state index is 0.174. The van der Waals surface area contributed by atoms with Crippen molar-refractivity contribution in [3.05, 3.63) is 70.7 Å². The SMILES string of the molecule is O=c1[nH]c(O)c(C=C=CC=Cc2c(O)[nH]c(=O)[nH]c2=O)c(=O)[nH]1. The van der Waals surface area contributed by atoms with Gasteiger partial charge in [0.2, 0.25) is 11.8 Å². The van der Waals surface area contributed by atoms with Crippen LogP contribution in [0.1, 0.15) is 11.1 Å². The lowest BCUT2D eigenvalue weighted by Crippen LogP contribution is -2.23. The van der Waals surface area contributed by atoms with Gasteiger partial charge in [-0.3, -0.25) is 29.5 Å². The molecule has 0 atom stereocenters. The van der Waals surface area contributed by atoms with Gasteiger partial charge in [0.05, 0.1) is 5.56 Å². The summed E-state index contributed by atoms with van der Waals surface area (Å²) in [5.41, 5.74) is -1.13. The molecule has 2 aromatic rings. The summed E-state index contributed by atoms with van der Waals surface area (Å²) >= 11 is 0. The Morgan fingerprint density at radius 3 is 1.83 bits per heavy atom. The first-order chi connectivity index (χ1) is 10.9. The van der Waals surface area contributed by atoms with Crippen molar-refractivity contribution in [3.8, 4) is 11.8 Å². The van der Waals surface area contributed by atoms with Crippen LogP contribution in [-0.2, 0) is 0 Å². The van der Waals surface area contributed by atoms with Crippen LogP contribution in [0.4, 0.5) is 0 Å². The highest BCUT2D eigenvalue weighted by atomic mass is 16.3. The van der Waals surface area contributed by atoms with Crippen LogP contribution in [0.3, 0.4) is 0 Å². The molecule has 10 nitrogen and oxygen atoms in total. The zero-order chi connectivity index (χ0) is 17.0. The monoisotopic (exact) mass is 318 g/mol. The van der Waals surface area contributed by atoms with Crippen molar-refractivity contribution in [2.24, 2.45) is 0 Å². The van der Waals surface area contributed by atoms with Gasteiger partial charge in [-0.25, -0.2) is 9.59 Å². The Morgan fingerprint density at radius 1 is 0.783 bits per heavy atom. The number of allylic oxidation sites excluding steroid dienone is 2. The quantitative estimate of drug-likeness (QED) is 0.304. The van der Waals surface area contributed by atoms with E-state index in [-0.39, 0.29) is 11.1 Å². The highest BCUT2D eigenvalue weighted by Crippen LogP contribution is 2.07. The maximum absolute atomic E-state index is 11.4. The predicted molar refractivity (Wildman–Crippen MR) is 80.3 cm³/mol. The van der Waals surface area contributed by atoms with E-state index < -0.39 is 34.3 Å². The second-order valence-corrected chi connectivity index (χ2v) is 4.18. The molecule has 6 N–H and O–H groups in total. The average Bonchev–Trinajstić information content (AvgIpc) is 2.42. The molecule has 0 aliphatic rings. The van der Waals surface area contributed by atoms with Crippen LogP contribution in [0.5, 0.6) is 11.8 Å². The largest absolute Gasteiger partial charge is 0.494 e. The summed E-state index contributed by atoms with van der Waals surface area (Å²) in [7, 11) is 0. The minimum Gasteiger partial charge on any atom is -0.494 e. The van der Waals surface area contributed by atoms with Gasteiger partial charge in [0.1, 0.15) is 5.56 Å². The third-order valence-corrected chi connectivity index (χ3v) is 2.60. The number of hydrogen-bond acceptors (Lipinski definition) is 6. The Balaban J connectivity index is 2.30. The molecule has 0 spiro atoms. The molecule has 10 heteroatoms. The van der Waals surface area contributed by atoms with Crippen molar-refractivity contribution >= 4 is 12.2 Å². The molecule has 2 aromatic heterocycles. The van der Waals surface area contributed by atoms with E-state index >= 15 is 0 Å². The van der Waals surface area contributed by atoms with Gasteiger partial charge in [-0.2, -0.15) is 0 Å². The summed E-state index contributed by atoms with van der Waals surface area (Å²) in [6, 6.07) is 0. The Labute approximate surface area is 125 Å². The van der Waals surface area contributed by atoms with Gasteiger partial charge in [-0.1, -0.05) is 6.08 Å². The Morgan fingerprint density at radius 2 is 1.30 bits per heavy atom. The van der Waals surface area contributed by atoms with Gasteiger partial charge in [0.15, 0.2) is 0 Å². The van der Waals surface area contributed by atoms with E-state index in [0.29, 0.717) is 0 Å². The fraction of sp³-hybridized carbons (Fsp3) is 0. The molecule has 0 saturated heterocycles. The van der Waals surface area contributed by atoms with Crippen molar-refractivity contribution in [1.29, 1.82) is 0 Å². The van der Waals surface area contributed by atoms with Crippen LogP contribution in [-0.4, -0.2) is 30.1 Å². The number of rotatable bonds is 3. The number of H-pyrrole nitrogens is 4. The fourth-order valence-electron chi connectivity index (χ4n) is 1.59. The maximum atomic E-state index is 11.4. The lowest BCUT2D eigenvalue weighted by Gasteiger charge is -1.94. The average molecular weight is 318 g/mol. The molecule has 0 aromatic carbocycles. The topological polar surface area (TPSA) is 172 Å². The normalized spacial score (nSPS) is 10.4. The fourth-order valence-corrected chi connectivity index (χ4v) is 1.59. The lowest BCUT2D eigenvalue weighted by atomic mass is 10.2. The van der Waals surface area contributed by atoms with E-state index in [4.69, 9.17) is 0 Å². The third kappa shape index (κ3) is 3.65. The molecule has 0 amide bonds. The van der Waals surface area contributed by atoms with Crippen LogP contribution >= 0.6 is 0 Å². The van der Waals surface area contributed by atoms with E-state index in [1.807, 2.05) is 19.9 Å². The molecule has 2 rings (SSSR count). The molecule has 0 fully saturated rings. The van der Waals surface area contributed by atoms with E-state index in [1.54, 1.807) is 0 Å². The molecule has 0 radical (unpaired) electrons. The number of aromatic hydroxyl groups is 2. The lowest BCUT2D eigenvalue weighted by molar-refractivity contribution is 0.446. The summed E-state index contributed by atoms with van der Waals surface area (Å²) in [4.78, 5) is 52.5. The van der Waals surface area contributed by atoms with Gasteiger partial charge in [0.25, 0.3) is 11.1 Å². The summed E-state index contributed by atoms with van der Waals surface area (Å²) < 4.78 is 0. The smallest absolute Gasteiger partial charge is 0.328 e. The molecule has 0 unspecified atom stereocenters. The number of nitrogens with one attached hydrogen (secondary N) is 4. The van der Waals surface area contributed by atoms with Crippen molar-refractivity contribution in [3.63, 3.8) is 0 Å². The van der Waals surface area contributed by atoms with Gasteiger partial charge in [-0.15, -0.1) is 5.73 Å². The molecular weight excluding hydrogens is 308 g/mol. The molecule has 0 aliphatic carbocycles. The van der Waals surface area contributed by atoms with E-state index in [0.717, 1.165) is 6.08 Å². The number of aromatic nitrogens is 4. The first kappa shape index (κ1) is 15.6. The summed E-state index contributed by atoms with van der Waals surface area (Å²) in [6.45, 7) is 0. The Hall–Kier alpha value is -3.78. The van der Waals surface area contributed by atoms with Gasteiger partial charge >= 0.3 is 11.4 Å². The van der Waals surface area contributed by atoms with E-state index in [2.05, 4.69) is 5.73 Å². The minimum atomic E-state index is -0.846. The summed E-state index contributed by atoms with van der Waals surface area (Å²) in [6.07, 6.45) is 4.87. The standard InChI is InChI=1S/C13H10N4O6/c18-8-6(9(19)15-12(22)14-8)4-2-1-3-5-7-10(20)16-13(23)17-11(7)21/h1-2,4-5H,(H3,14,15,18,19,22)(H3,16,17,20,21,23). The second-order valence-electron chi connectivity index (χ2n) is 4.18. The first-order valence-electron chi connectivity index (χ1n) is 6.09. The second kappa shape index (κ2) is 6.33. The summed E-state index contributed by atoms with van der Waals surface area (Å²) in [5, 5.41) is 18.8. The van der Waals surface area contributed by atoms with Gasteiger partial charge in [0, 0.05) is 0 Å². The third-order valence-electron chi connectivity index (χ3n) is 2.60. The highest BCUT2D eigenvalue weighted by molar-refractivity contribution is 5.56. The van der Waals surface area contributed by atoms with Crippen molar-refractivity contribution in [2.45, 2.75) is 0 Å². The van der Waals surface area contributed by atoms with E-state index in [9.17, 15) is 29.4 Å². The van der Waals surface area contributed by atoms with Crippen molar-refractivity contribution < 1.29 is 10.2 Å². The van der Waals surface area contributed by atoms with Gasteiger partial charge in [-0.05, 0) is 18.2 Å². The summed E-state index contributed by atoms with van der Waals surface area (Å²) in [5.74, 6) is -1.21. The van der Waals surface area contributed by atoms with E-state index in [1.165, 1.54) is 18.2 Å². The molecule has 0 aliphatic heterocycles. The van der Waals surface area contributed by atoms with Crippen LogP contribution < -0.4 is 22.5 Å². The van der Waals surface area contributed by atoms with Crippen LogP contribution in [0.2, 0.25) is 0 Å². The molecule has 0 bridgehead atoms. The van der Waals surface area contributed by atoms with Gasteiger partial charge < -0.3 is 10.2 Å². The highest BCUT2D eigenvalue weighted by Gasteiger charge is 2.04. The number of aromatic amines is 4. The predicted octanol–water partition coefficient (Wildman–Crippen LogP) is -1.27. The van der Waals surface area contributed by atoms with Crippen LogP contribution in [0.25, 0.3) is 12.2 Å².